The van der Waals surface area contributed by atoms with E-state index in [0.717, 1.165) is 28.0 Å². The van der Waals surface area contributed by atoms with Crippen LogP contribution in [0.5, 0.6) is 0 Å². The monoisotopic (exact) mass is 468 g/mol. The molecule has 0 aliphatic carbocycles. The van der Waals surface area contributed by atoms with E-state index >= 15 is 0 Å². The van der Waals surface area contributed by atoms with Crippen LogP contribution in [0.1, 0.15) is 0 Å². The van der Waals surface area contributed by atoms with Gasteiger partial charge in [-0.2, -0.15) is 0 Å². The second-order valence-electron chi connectivity index (χ2n) is 8.61. The van der Waals surface area contributed by atoms with Crippen molar-refractivity contribution in [2.75, 3.05) is 5.32 Å². The van der Waals surface area contributed by atoms with Gasteiger partial charge in [0.25, 0.3) is 0 Å². The Bertz CT molecular complexity index is 1760. The first-order chi connectivity index (χ1) is 17.3. The Morgan fingerprint density at radius 1 is 0.600 bits per heavy atom. The number of hydrogen-bond donors (Lipinski definition) is 1. The Hall–Kier alpha value is -4.41. The van der Waals surface area contributed by atoms with Gasteiger partial charge in [0.2, 0.25) is 5.89 Å². The molecule has 7 aromatic rings. The molecular weight excluding hydrogens is 448 g/mol. The number of nitrogens with one attached hydrogen (secondary N) is 1. The zero-order valence-electron chi connectivity index (χ0n) is 18.7. The molecule has 5 aromatic carbocycles. The second kappa shape index (κ2) is 8.12. The standard InChI is InChI=1S/C31H20N2OS/c1-4-8-29-22(5-1)19-30(35-29)23-10-9-20-11-16-26(18-24(20)17-23)32-25-14-12-21(13-15-25)31-33-27-6-2-3-7-28(27)34-31/h1-19,32H. The number of para-hydroxylation sites is 2. The minimum atomic E-state index is 0.636. The van der Waals surface area contributed by atoms with Crippen LogP contribution in [0.15, 0.2) is 120 Å². The molecule has 0 aliphatic heterocycles. The first-order valence-electron chi connectivity index (χ1n) is 11.5. The molecule has 0 amide bonds. The Balaban J connectivity index is 1.16. The van der Waals surface area contributed by atoms with E-state index in [1.54, 1.807) is 0 Å². The molecule has 0 aliphatic rings. The second-order valence-corrected chi connectivity index (χ2v) is 9.70. The highest BCUT2D eigenvalue weighted by Gasteiger charge is 2.09. The Kier molecular flexibility index (Phi) is 4.64. The molecule has 0 saturated carbocycles. The van der Waals surface area contributed by atoms with Crippen LogP contribution in [0.3, 0.4) is 0 Å². The first kappa shape index (κ1) is 20.0. The lowest BCUT2D eigenvalue weighted by atomic mass is 10.0. The van der Waals surface area contributed by atoms with E-state index in [4.69, 9.17) is 4.42 Å². The van der Waals surface area contributed by atoms with Gasteiger partial charge in [-0.05, 0) is 88.5 Å². The van der Waals surface area contributed by atoms with E-state index in [2.05, 4.69) is 89.2 Å². The van der Waals surface area contributed by atoms with Gasteiger partial charge < -0.3 is 9.73 Å². The van der Waals surface area contributed by atoms with Crippen LogP contribution in [0, 0.1) is 0 Å². The zero-order valence-corrected chi connectivity index (χ0v) is 19.5. The Morgan fingerprint density at radius 2 is 1.37 bits per heavy atom. The lowest BCUT2D eigenvalue weighted by Gasteiger charge is -2.09. The van der Waals surface area contributed by atoms with Crippen molar-refractivity contribution in [1.29, 1.82) is 0 Å². The van der Waals surface area contributed by atoms with Crippen molar-refractivity contribution >= 4 is 54.7 Å². The van der Waals surface area contributed by atoms with E-state index in [1.165, 1.54) is 31.3 Å². The number of rotatable bonds is 4. The summed E-state index contributed by atoms with van der Waals surface area (Å²) in [4.78, 5) is 5.88. The molecule has 2 heterocycles. The van der Waals surface area contributed by atoms with Crippen molar-refractivity contribution in [1.82, 2.24) is 4.98 Å². The Labute approximate surface area is 206 Å². The van der Waals surface area contributed by atoms with Gasteiger partial charge in [-0.15, -0.1) is 11.3 Å². The highest BCUT2D eigenvalue weighted by Crippen LogP contribution is 2.35. The van der Waals surface area contributed by atoms with E-state index in [0.29, 0.717) is 5.89 Å². The van der Waals surface area contributed by atoms with Crippen LogP contribution in [-0.2, 0) is 0 Å². The normalized spacial score (nSPS) is 11.4. The van der Waals surface area contributed by atoms with Crippen LogP contribution < -0.4 is 5.32 Å². The van der Waals surface area contributed by atoms with Gasteiger partial charge in [0.15, 0.2) is 5.58 Å². The van der Waals surface area contributed by atoms with Crippen molar-refractivity contribution < 1.29 is 4.42 Å². The van der Waals surface area contributed by atoms with Gasteiger partial charge in [0, 0.05) is 26.5 Å². The summed E-state index contributed by atoms with van der Waals surface area (Å²) >= 11 is 1.84. The fraction of sp³-hybridized carbons (Fsp3) is 0. The van der Waals surface area contributed by atoms with Crippen molar-refractivity contribution in [3.05, 3.63) is 115 Å². The van der Waals surface area contributed by atoms with Crippen LogP contribution in [0.25, 0.3) is 53.9 Å². The van der Waals surface area contributed by atoms with Crippen LogP contribution >= 0.6 is 11.3 Å². The summed E-state index contributed by atoms with van der Waals surface area (Å²) in [6.07, 6.45) is 0. The largest absolute Gasteiger partial charge is 0.436 e. The third kappa shape index (κ3) is 3.74. The third-order valence-electron chi connectivity index (χ3n) is 6.26. The molecule has 4 heteroatoms. The van der Waals surface area contributed by atoms with Crippen LogP contribution in [-0.4, -0.2) is 4.98 Å². The van der Waals surface area contributed by atoms with Crippen molar-refractivity contribution in [2.45, 2.75) is 0 Å². The molecule has 7 rings (SSSR count). The van der Waals surface area contributed by atoms with Crippen molar-refractivity contribution in [3.63, 3.8) is 0 Å². The summed E-state index contributed by atoms with van der Waals surface area (Å²) in [5, 5.41) is 7.27. The summed E-state index contributed by atoms with van der Waals surface area (Å²) in [7, 11) is 0. The molecule has 2 aromatic heterocycles. The first-order valence-corrected chi connectivity index (χ1v) is 12.4. The highest BCUT2D eigenvalue weighted by atomic mass is 32.1. The van der Waals surface area contributed by atoms with Crippen LogP contribution in [0.2, 0.25) is 0 Å². The molecule has 35 heavy (non-hydrogen) atoms. The SMILES string of the molecule is c1ccc2sc(-c3ccc4ccc(Nc5ccc(-c6nc7ccccc7o6)cc5)cc4c3)cc2c1. The van der Waals surface area contributed by atoms with Crippen LogP contribution in [0.4, 0.5) is 11.4 Å². The maximum absolute atomic E-state index is 5.90. The molecule has 0 fully saturated rings. The fourth-order valence-corrected chi connectivity index (χ4v) is 5.52. The third-order valence-corrected chi connectivity index (χ3v) is 7.43. The molecular formula is C31H20N2OS. The summed E-state index contributed by atoms with van der Waals surface area (Å²) in [6.45, 7) is 0. The number of anilines is 2. The minimum absolute atomic E-state index is 0.636. The van der Waals surface area contributed by atoms with Gasteiger partial charge in [0.1, 0.15) is 5.52 Å². The van der Waals surface area contributed by atoms with Gasteiger partial charge in [-0.25, -0.2) is 4.98 Å². The van der Waals surface area contributed by atoms with E-state index in [9.17, 15) is 0 Å². The molecule has 0 atom stereocenters. The average molecular weight is 469 g/mol. The molecule has 1 N–H and O–H groups in total. The fourth-order valence-electron chi connectivity index (χ4n) is 4.46. The van der Waals surface area contributed by atoms with Gasteiger partial charge in [-0.1, -0.05) is 48.5 Å². The maximum Gasteiger partial charge on any atom is 0.227 e. The number of nitrogens with zero attached hydrogens (tertiary/aromatic N) is 1. The molecule has 3 nitrogen and oxygen atoms in total. The van der Waals surface area contributed by atoms with Gasteiger partial charge >= 0.3 is 0 Å². The zero-order chi connectivity index (χ0) is 23.2. The number of hydrogen-bond acceptors (Lipinski definition) is 4. The topological polar surface area (TPSA) is 38.1 Å². The number of thiophene rings is 1. The molecule has 0 bridgehead atoms. The molecule has 0 spiro atoms. The molecule has 0 saturated heterocycles. The summed E-state index contributed by atoms with van der Waals surface area (Å²) in [6, 6.07) is 40.0. The lowest BCUT2D eigenvalue weighted by molar-refractivity contribution is 0.620. The number of aromatic nitrogens is 1. The summed E-state index contributed by atoms with van der Waals surface area (Å²) in [5.41, 5.74) is 5.95. The maximum atomic E-state index is 5.90. The van der Waals surface area contributed by atoms with Gasteiger partial charge in [-0.3, -0.25) is 0 Å². The van der Waals surface area contributed by atoms with E-state index < -0.39 is 0 Å². The predicted octanol–water partition coefficient (Wildman–Crippen LogP) is 9.27. The smallest absolute Gasteiger partial charge is 0.227 e. The molecule has 0 unspecified atom stereocenters. The number of benzene rings is 5. The summed E-state index contributed by atoms with van der Waals surface area (Å²) in [5.74, 6) is 0.636. The molecule has 166 valence electrons. The lowest BCUT2D eigenvalue weighted by Crippen LogP contribution is -1.90. The molecule has 0 radical (unpaired) electrons. The minimum Gasteiger partial charge on any atom is -0.436 e. The quantitative estimate of drug-likeness (QED) is 0.280. The van der Waals surface area contributed by atoms with E-state index in [1.807, 2.05) is 47.7 Å². The van der Waals surface area contributed by atoms with Crippen molar-refractivity contribution in [3.8, 4) is 21.9 Å². The predicted molar refractivity (Wildman–Crippen MR) is 147 cm³/mol. The van der Waals surface area contributed by atoms with Gasteiger partial charge in [0.05, 0.1) is 0 Å². The summed E-state index contributed by atoms with van der Waals surface area (Å²) < 4.78 is 7.22. The number of fused-ring (bicyclic) bond motifs is 3. The highest BCUT2D eigenvalue weighted by molar-refractivity contribution is 7.22. The van der Waals surface area contributed by atoms with Crippen molar-refractivity contribution in [2.24, 2.45) is 0 Å². The number of oxazole rings is 1. The van der Waals surface area contributed by atoms with E-state index in [-0.39, 0.29) is 0 Å². The Morgan fingerprint density at radius 3 is 2.26 bits per heavy atom. The average Bonchev–Trinajstić information content (AvgIpc) is 3.53.